The molecule has 0 amide bonds. The van der Waals surface area contributed by atoms with E-state index < -0.39 is 0 Å². The molecule has 0 aromatic heterocycles. The van der Waals surface area contributed by atoms with Crippen LogP contribution in [0.15, 0.2) is 17.4 Å². The van der Waals surface area contributed by atoms with E-state index in [1.54, 1.807) is 0 Å². The van der Waals surface area contributed by atoms with E-state index in [0.717, 1.165) is 32.6 Å². The number of nitrogens with one attached hydrogen (secondary N) is 1. The lowest BCUT2D eigenvalue weighted by Gasteiger charge is -2.24. The number of ether oxygens (including phenoxy) is 1. The quantitative estimate of drug-likeness (QED) is 0.628. The van der Waals surface area contributed by atoms with E-state index >= 15 is 0 Å². The molecule has 1 saturated heterocycles. The number of aliphatic imine (C=N–C) groups is 1. The summed E-state index contributed by atoms with van der Waals surface area (Å²) < 4.78 is 5.30. The summed E-state index contributed by atoms with van der Waals surface area (Å²) in [6, 6.07) is 0. The zero-order valence-corrected chi connectivity index (χ0v) is 7.12. The fourth-order valence-electron chi connectivity index (χ4n) is 1.68. The Labute approximate surface area is 72.5 Å². The first-order valence-electron chi connectivity index (χ1n) is 4.49. The van der Waals surface area contributed by atoms with Gasteiger partial charge in [-0.05, 0) is 12.8 Å². The Morgan fingerprint density at radius 1 is 1.42 bits per heavy atom. The molecule has 0 aromatic rings. The largest absolute Gasteiger partial charge is 0.384 e. The van der Waals surface area contributed by atoms with Crippen molar-refractivity contribution in [2.24, 2.45) is 10.9 Å². The van der Waals surface area contributed by atoms with Gasteiger partial charge in [-0.1, -0.05) is 0 Å². The molecule has 0 radical (unpaired) electrons. The van der Waals surface area contributed by atoms with Gasteiger partial charge in [-0.15, -0.1) is 0 Å². The van der Waals surface area contributed by atoms with Crippen LogP contribution in [-0.4, -0.2) is 25.5 Å². The summed E-state index contributed by atoms with van der Waals surface area (Å²) in [7, 11) is 0. The normalized spacial score (nSPS) is 24.8. The second-order valence-corrected chi connectivity index (χ2v) is 3.20. The fraction of sp³-hybridized carbons (Fsp3) is 0.667. The maximum atomic E-state index is 5.30. The summed E-state index contributed by atoms with van der Waals surface area (Å²) in [4.78, 5) is 4.37. The Bertz CT molecular complexity index is 205. The van der Waals surface area contributed by atoms with Crippen LogP contribution in [0.25, 0.3) is 0 Å². The molecule has 0 bridgehead atoms. The van der Waals surface area contributed by atoms with Crippen molar-refractivity contribution in [2.45, 2.75) is 12.8 Å². The third-order valence-corrected chi connectivity index (χ3v) is 2.41. The minimum Gasteiger partial charge on any atom is -0.384 e. The molecule has 2 heterocycles. The summed E-state index contributed by atoms with van der Waals surface area (Å²) >= 11 is 0. The van der Waals surface area contributed by atoms with Crippen LogP contribution in [0.5, 0.6) is 0 Å². The molecule has 0 aliphatic carbocycles. The molecule has 0 atom stereocenters. The number of hydrogen-bond acceptors (Lipinski definition) is 3. The van der Waals surface area contributed by atoms with Crippen LogP contribution in [-0.2, 0) is 4.74 Å². The minimum absolute atomic E-state index is 0.649. The van der Waals surface area contributed by atoms with E-state index in [2.05, 4.69) is 10.3 Å². The van der Waals surface area contributed by atoms with Crippen molar-refractivity contribution in [3.05, 3.63) is 12.4 Å². The van der Waals surface area contributed by atoms with Gasteiger partial charge in [0.2, 0.25) is 0 Å². The third-order valence-electron chi connectivity index (χ3n) is 2.41. The SMILES string of the molecule is C1=CNCC(C2CCOCC2)=N1. The van der Waals surface area contributed by atoms with Gasteiger partial charge in [0.25, 0.3) is 0 Å². The summed E-state index contributed by atoms with van der Waals surface area (Å²) in [5.41, 5.74) is 1.29. The molecule has 1 N–H and O–H groups in total. The van der Waals surface area contributed by atoms with Gasteiger partial charge in [0, 0.05) is 37.2 Å². The number of rotatable bonds is 1. The van der Waals surface area contributed by atoms with Crippen molar-refractivity contribution in [2.75, 3.05) is 19.8 Å². The van der Waals surface area contributed by atoms with Crippen LogP contribution >= 0.6 is 0 Å². The van der Waals surface area contributed by atoms with Crippen LogP contribution in [0.1, 0.15) is 12.8 Å². The van der Waals surface area contributed by atoms with Crippen LogP contribution < -0.4 is 5.32 Å². The lowest BCUT2D eigenvalue weighted by Crippen LogP contribution is -2.31. The predicted octanol–water partition coefficient (Wildman–Crippen LogP) is 0.928. The van der Waals surface area contributed by atoms with E-state index in [1.165, 1.54) is 5.71 Å². The lowest BCUT2D eigenvalue weighted by molar-refractivity contribution is 0.0825. The van der Waals surface area contributed by atoms with Gasteiger partial charge in [0.1, 0.15) is 0 Å². The van der Waals surface area contributed by atoms with Crippen molar-refractivity contribution in [1.82, 2.24) is 5.32 Å². The van der Waals surface area contributed by atoms with E-state index in [4.69, 9.17) is 4.74 Å². The van der Waals surface area contributed by atoms with Crippen LogP contribution in [0, 0.1) is 5.92 Å². The standard InChI is InChI=1S/C9H14N2O/c1-5-12-6-2-8(1)9-7-10-3-4-11-9/h3-4,8,10H,1-2,5-7H2. The average Bonchev–Trinajstić information content (AvgIpc) is 2.21. The monoisotopic (exact) mass is 166 g/mol. The molecule has 0 saturated carbocycles. The summed E-state index contributed by atoms with van der Waals surface area (Å²) in [5.74, 6) is 0.649. The van der Waals surface area contributed by atoms with E-state index in [0.29, 0.717) is 5.92 Å². The Morgan fingerprint density at radius 3 is 2.92 bits per heavy atom. The first-order chi connectivity index (χ1) is 5.97. The maximum Gasteiger partial charge on any atom is 0.0531 e. The van der Waals surface area contributed by atoms with Crippen molar-refractivity contribution < 1.29 is 4.74 Å². The second kappa shape index (κ2) is 3.72. The van der Waals surface area contributed by atoms with Gasteiger partial charge in [-0.25, -0.2) is 0 Å². The molecule has 3 heteroatoms. The number of nitrogens with zero attached hydrogens (tertiary/aromatic N) is 1. The molecule has 0 aromatic carbocycles. The van der Waals surface area contributed by atoms with Crippen molar-refractivity contribution in [3.63, 3.8) is 0 Å². The van der Waals surface area contributed by atoms with Crippen LogP contribution in [0.3, 0.4) is 0 Å². The predicted molar refractivity (Wildman–Crippen MR) is 48.1 cm³/mol. The fourth-order valence-corrected chi connectivity index (χ4v) is 1.68. The highest BCUT2D eigenvalue weighted by Crippen LogP contribution is 2.17. The summed E-state index contributed by atoms with van der Waals surface area (Å²) in [6.45, 7) is 2.71. The smallest absolute Gasteiger partial charge is 0.0531 e. The van der Waals surface area contributed by atoms with Gasteiger partial charge in [0.05, 0.1) is 6.54 Å². The molecular weight excluding hydrogens is 152 g/mol. The van der Waals surface area contributed by atoms with Crippen LogP contribution in [0.4, 0.5) is 0 Å². The molecule has 3 nitrogen and oxygen atoms in total. The molecular formula is C9H14N2O. The summed E-state index contributed by atoms with van der Waals surface area (Å²) in [6.07, 6.45) is 6.00. The second-order valence-electron chi connectivity index (χ2n) is 3.20. The van der Waals surface area contributed by atoms with Gasteiger partial charge in [-0.3, -0.25) is 4.99 Å². The highest BCUT2D eigenvalue weighted by atomic mass is 16.5. The topological polar surface area (TPSA) is 33.6 Å². The van der Waals surface area contributed by atoms with Crippen molar-refractivity contribution in [1.29, 1.82) is 0 Å². The first-order valence-corrected chi connectivity index (χ1v) is 4.49. The maximum absolute atomic E-state index is 5.30. The minimum atomic E-state index is 0.649. The van der Waals surface area contributed by atoms with Gasteiger partial charge in [-0.2, -0.15) is 0 Å². The highest BCUT2D eigenvalue weighted by molar-refractivity contribution is 5.89. The van der Waals surface area contributed by atoms with Crippen molar-refractivity contribution in [3.8, 4) is 0 Å². The molecule has 2 rings (SSSR count). The number of hydrogen-bond donors (Lipinski definition) is 1. The Balaban J connectivity index is 1.97. The first kappa shape index (κ1) is 7.80. The molecule has 66 valence electrons. The Hall–Kier alpha value is -0.830. The Kier molecular flexibility index (Phi) is 2.42. The van der Waals surface area contributed by atoms with Crippen LogP contribution in [0.2, 0.25) is 0 Å². The highest BCUT2D eigenvalue weighted by Gasteiger charge is 2.19. The molecule has 2 aliphatic rings. The van der Waals surface area contributed by atoms with Crippen molar-refractivity contribution >= 4 is 5.71 Å². The van der Waals surface area contributed by atoms with Gasteiger partial charge in [0.15, 0.2) is 0 Å². The average molecular weight is 166 g/mol. The van der Waals surface area contributed by atoms with Gasteiger partial charge < -0.3 is 10.1 Å². The molecule has 0 spiro atoms. The molecule has 1 fully saturated rings. The van der Waals surface area contributed by atoms with E-state index in [1.807, 2.05) is 12.4 Å². The van der Waals surface area contributed by atoms with Gasteiger partial charge >= 0.3 is 0 Å². The zero-order valence-electron chi connectivity index (χ0n) is 7.12. The Morgan fingerprint density at radius 2 is 2.25 bits per heavy atom. The lowest BCUT2D eigenvalue weighted by atomic mass is 9.94. The molecule has 2 aliphatic heterocycles. The van der Waals surface area contributed by atoms with E-state index in [9.17, 15) is 0 Å². The molecule has 12 heavy (non-hydrogen) atoms. The summed E-state index contributed by atoms with van der Waals surface area (Å²) in [5, 5.41) is 3.18. The third kappa shape index (κ3) is 1.67. The zero-order chi connectivity index (χ0) is 8.23. The molecule has 0 unspecified atom stereocenters. The van der Waals surface area contributed by atoms with E-state index in [-0.39, 0.29) is 0 Å².